The minimum absolute atomic E-state index is 0.112. The van der Waals surface area contributed by atoms with Crippen molar-refractivity contribution in [1.82, 2.24) is 9.88 Å². The van der Waals surface area contributed by atoms with Crippen LogP contribution < -0.4 is 16.7 Å². The highest BCUT2D eigenvalue weighted by Gasteiger charge is 2.28. The molecule has 3 heterocycles. The maximum absolute atomic E-state index is 12.8. The fourth-order valence-corrected chi connectivity index (χ4v) is 4.18. The van der Waals surface area contributed by atoms with E-state index in [2.05, 4.69) is 9.88 Å². The number of aromatic amines is 1. The van der Waals surface area contributed by atoms with Gasteiger partial charge in [-0.15, -0.1) is 0 Å². The molecule has 1 saturated heterocycles. The maximum atomic E-state index is 12.8. The number of primary amides is 1. The van der Waals surface area contributed by atoms with Gasteiger partial charge in [0.2, 0.25) is 17.1 Å². The van der Waals surface area contributed by atoms with Gasteiger partial charge in [0.25, 0.3) is 5.56 Å². The summed E-state index contributed by atoms with van der Waals surface area (Å²) in [5.74, 6) is -2.01. The molecule has 1 aliphatic rings. The first-order valence-corrected chi connectivity index (χ1v) is 10.4. The van der Waals surface area contributed by atoms with E-state index >= 15 is 0 Å². The van der Waals surface area contributed by atoms with Crippen molar-refractivity contribution in [3.8, 4) is 5.75 Å². The summed E-state index contributed by atoms with van der Waals surface area (Å²) in [5, 5.41) is 11.2. The first-order chi connectivity index (χ1) is 14.9. The van der Waals surface area contributed by atoms with E-state index in [1.54, 1.807) is 18.2 Å². The predicted octanol–water partition coefficient (Wildman–Crippen LogP) is 2.18. The summed E-state index contributed by atoms with van der Waals surface area (Å²) in [6.07, 6.45) is 3.04. The first-order valence-electron chi connectivity index (χ1n) is 10.4. The highest BCUT2D eigenvalue weighted by molar-refractivity contribution is 5.80. The lowest BCUT2D eigenvalue weighted by atomic mass is 9.92. The molecule has 1 aromatic carbocycles. The third kappa shape index (κ3) is 4.54. The van der Waals surface area contributed by atoms with Crippen LogP contribution in [0.15, 0.2) is 50.4 Å². The van der Waals surface area contributed by atoms with Crippen LogP contribution in [0, 0.1) is 0 Å². The highest BCUT2D eigenvalue weighted by atomic mass is 16.4. The number of H-pyrrole nitrogens is 1. The second kappa shape index (κ2) is 8.77. The molecule has 0 radical (unpaired) electrons. The molecule has 4 rings (SSSR count). The number of nitrogens with zero attached hydrogens (tertiary/aromatic N) is 1. The minimum Gasteiger partial charge on any atom is -0.502 e. The molecule has 0 saturated carbocycles. The molecule has 3 aromatic rings. The van der Waals surface area contributed by atoms with Crippen molar-refractivity contribution < 1.29 is 14.3 Å². The van der Waals surface area contributed by atoms with Crippen molar-refractivity contribution in [2.45, 2.75) is 38.1 Å². The summed E-state index contributed by atoms with van der Waals surface area (Å²) in [5.41, 5.74) is 5.24. The van der Waals surface area contributed by atoms with E-state index in [1.165, 1.54) is 12.5 Å². The average molecular weight is 423 g/mol. The Morgan fingerprint density at radius 3 is 2.65 bits per heavy atom. The molecule has 4 N–H and O–H groups in total. The van der Waals surface area contributed by atoms with Gasteiger partial charge in [0.1, 0.15) is 5.76 Å². The van der Waals surface area contributed by atoms with Crippen LogP contribution in [0.3, 0.4) is 0 Å². The van der Waals surface area contributed by atoms with E-state index in [9.17, 15) is 19.5 Å². The fourth-order valence-electron chi connectivity index (χ4n) is 4.18. The Balaban J connectivity index is 1.81. The Morgan fingerprint density at radius 1 is 1.16 bits per heavy atom. The number of fused-ring (bicyclic) bond motifs is 1. The molecule has 0 spiro atoms. The molecule has 1 aliphatic heterocycles. The number of likely N-dealkylation sites (tertiary alicyclic amines) is 1. The fraction of sp³-hybridized carbons (Fsp3) is 0.348. The van der Waals surface area contributed by atoms with Gasteiger partial charge in [0, 0.05) is 23.6 Å². The lowest BCUT2D eigenvalue weighted by molar-refractivity contribution is -0.118. The molecular formula is C23H25N3O5. The van der Waals surface area contributed by atoms with E-state index < -0.39 is 28.6 Å². The number of carbonyl (C=O) groups is 1. The summed E-state index contributed by atoms with van der Waals surface area (Å²) in [6, 6.07) is 10.1. The van der Waals surface area contributed by atoms with Gasteiger partial charge in [-0.2, -0.15) is 0 Å². The van der Waals surface area contributed by atoms with Gasteiger partial charge in [-0.05, 0) is 43.5 Å². The van der Waals surface area contributed by atoms with Gasteiger partial charge in [-0.3, -0.25) is 19.3 Å². The standard InChI is InChI=1S/C23H25N3O5/c24-20(28)12-16(17-10-14-6-2-3-7-18(14)25-23(17)30)22-21(29)19(27)11-15(31-22)13-26-8-4-1-5-9-26/h2-3,6-7,10-11,16,29H,1,4-5,8-9,12-13H2,(H2,24,28)(H,25,30)/t16-/m1/s1. The Bertz CT molecular complexity index is 1220. The van der Waals surface area contributed by atoms with E-state index in [-0.39, 0.29) is 17.7 Å². The average Bonchev–Trinajstić information content (AvgIpc) is 2.75. The Kier molecular flexibility index (Phi) is 5.90. The van der Waals surface area contributed by atoms with Crippen LogP contribution in [0.1, 0.15) is 48.7 Å². The Hall–Kier alpha value is -3.39. The number of benzene rings is 1. The summed E-state index contributed by atoms with van der Waals surface area (Å²) in [7, 11) is 0. The number of nitrogens with two attached hydrogens (primary N) is 1. The van der Waals surface area contributed by atoms with Gasteiger partial charge < -0.3 is 20.2 Å². The zero-order valence-electron chi connectivity index (χ0n) is 17.1. The zero-order valence-corrected chi connectivity index (χ0v) is 17.1. The Morgan fingerprint density at radius 2 is 1.90 bits per heavy atom. The van der Waals surface area contributed by atoms with Gasteiger partial charge in [-0.25, -0.2) is 0 Å². The molecule has 8 heteroatoms. The summed E-state index contributed by atoms with van der Waals surface area (Å²) < 4.78 is 5.92. The number of aromatic nitrogens is 1. The number of para-hydroxylation sites is 1. The quantitative estimate of drug-likeness (QED) is 0.557. The molecule has 1 amide bonds. The third-order valence-electron chi connectivity index (χ3n) is 5.71. The smallest absolute Gasteiger partial charge is 0.252 e. The molecule has 31 heavy (non-hydrogen) atoms. The maximum Gasteiger partial charge on any atom is 0.252 e. The third-order valence-corrected chi connectivity index (χ3v) is 5.71. The van der Waals surface area contributed by atoms with Gasteiger partial charge in [0.05, 0.1) is 12.5 Å². The number of rotatable bonds is 6. The van der Waals surface area contributed by atoms with Crippen LogP contribution in [-0.4, -0.2) is 34.0 Å². The van der Waals surface area contributed by atoms with Crippen molar-refractivity contribution in [3.63, 3.8) is 0 Å². The first kappa shape index (κ1) is 20.9. The van der Waals surface area contributed by atoms with Crippen molar-refractivity contribution in [1.29, 1.82) is 0 Å². The number of amides is 1. The molecule has 0 bridgehead atoms. The highest BCUT2D eigenvalue weighted by Crippen LogP contribution is 2.32. The number of hydrogen-bond donors (Lipinski definition) is 3. The Labute approximate surface area is 178 Å². The number of carbonyl (C=O) groups excluding carboxylic acids is 1. The van der Waals surface area contributed by atoms with E-state index in [0.29, 0.717) is 17.8 Å². The van der Waals surface area contributed by atoms with E-state index in [1.807, 2.05) is 12.1 Å². The summed E-state index contributed by atoms with van der Waals surface area (Å²) >= 11 is 0. The number of piperidine rings is 1. The molecule has 1 fully saturated rings. The van der Waals surface area contributed by atoms with Gasteiger partial charge >= 0.3 is 0 Å². The molecule has 2 aromatic heterocycles. The molecule has 8 nitrogen and oxygen atoms in total. The van der Waals surface area contributed by atoms with Gasteiger partial charge in [0.15, 0.2) is 5.76 Å². The van der Waals surface area contributed by atoms with Crippen LogP contribution in [0.25, 0.3) is 10.9 Å². The number of hydrogen-bond acceptors (Lipinski definition) is 6. The van der Waals surface area contributed by atoms with Gasteiger partial charge in [-0.1, -0.05) is 24.6 Å². The van der Waals surface area contributed by atoms with Crippen LogP contribution >= 0.6 is 0 Å². The van der Waals surface area contributed by atoms with E-state index in [4.69, 9.17) is 10.2 Å². The zero-order chi connectivity index (χ0) is 22.0. The van der Waals surface area contributed by atoms with Crippen LogP contribution in [0.4, 0.5) is 0 Å². The monoisotopic (exact) mass is 423 g/mol. The summed E-state index contributed by atoms with van der Waals surface area (Å²) in [6.45, 7) is 2.21. The second-order valence-corrected chi connectivity index (χ2v) is 7.99. The van der Waals surface area contributed by atoms with Crippen LogP contribution in [-0.2, 0) is 11.3 Å². The molecule has 0 unspecified atom stereocenters. The lowest BCUT2D eigenvalue weighted by Gasteiger charge is -2.26. The number of pyridine rings is 1. The molecule has 0 aliphatic carbocycles. The number of aromatic hydroxyl groups is 1. The normalized spacial score (nSPS) is 15.7. The molecule has 162 valence electrons. The van der Waals surface area contributed by atoms with E-state index in [0.717, 1.165) is 31.3 Å². The van der Waals surface area contributed by atoms with Crippen molar-refractivity contribution in [2.24, 2.45) is 5.73 Å². The SMILES string of the molecule is NC(=O)C[C@@H](c1oc(CN2CCCCC2)cc(=O)c1O)c1cc2ccccc2[nH]c1=O. The largest absolute Gasteiger partial charge is 0.502 e. The topological polar surface area (TPSA) is 130 Å². The second-order valence-electron chi connectivity index (χ2n) is 7.99. The van der Waals surface area contributed by atoms with Crippen molar-refractivity contribution in [3.05, 3.63) is 74.1 Å². The van der Waals surface area contributed by atoms with Crippen molar-refractivity contribution in [2.75, 3.05) is 13.1 Å². The molecule has 1 atom stereocenters. The molecular weight excluding hydrogens is 398 g/mol. The van der Waals surface area contributed by atoms with Crippen LogP contribution in [0.5, 0.6) is 5.75 Å². The minimum atomic E-state index is -0.986. The number of nitrogens with one attached hydrogen (secondary N) is 1. The lowest BCUT2D eigenvalue weighted by Crippen LogP contribution is -2.29. The summed E-state index contributed by atoms with van der Waals surface area (Å²) in [4.78, 5) is 42.1. The van der Waals surface area contributed by atoms with Crippen LogP contribution in [0.2, 0.25) is 0 Å². The predicted molar refractivity (Wildman–Crippen MR) is 116 cm³/mol. The van der Waals surface area contributed by atoms with Crippen molar-refractivity contribution >= 4 is 16.8 Å².